The van der Waals surface area contributed by atoms with Crippen LogP contribution >= 0.6 is 23.2 Å². The summed E-state index contributed by atoms with van der Waals surface area (Å²) in [5, 5.41) is 12.9. The molecule has 0 aliphatic rings. The number of aryl methyl sites for hydroxylation is 1. The number of benzene rings is 1. The quantitative estimate of drug-likeness (QED) is 0.674. The van der Waals surface area contributed by atoms with E-state index in [-0.39, 0.29) is 30.9 Å². The summed E-state index contributed by atoms with van der Waals surface area (Å²) < 4.78 is 4.00. The van der Waals surface area contributed by atoms with Gasteiger partial charge in [0.05, 0.1) is 23.2 Å². The first kappa shape index (κ1) is 18.5. The summed E-state index contributed by atoms with van der Waals surface area (Å²) in [5.41, 5.74) is 0.435. The lowest BCUT2D eigenvalue weighted by molar-refractivity contribution is 0.310. The predicted molar refractivity (Wildman–Crippen MR) is 101 cm³/mol. The highest BCUT2D eigenvalue weighted by Crippen LogP contribution is 2.24. The monoisotopic (exact) mass is 397 g/mol. The fraction of sp³-hybridized carbons (Fsp3) is 0.312. The van der Waals surface area contributed by atoms with Crippen LogP contribution < -0.4 is 16.6 Å². The van der Waals surface area contributed by atoms with Gasteiger partial charge in [-0.1, -0.05) is 29.3 Å². The molecule has 0 aliphatic heterocycles. The molecule has 26 heavy (non-hydrogen) atoms. The number of nitrogens with zero attached hydrogens (tertiary/aromatic N) is 4. The number of halogens is 2. The lowest BCUT2D eigenvalue weighted by Crippen LogP contribution is -2.37. The second-order valence-electron chi connectivity index (χ2n) is 5.80. The first-order valence-electron chi connectivity index (χ1n) is 7.80. The molecule has 0 bridgehead atoms. The molecule has 3 aromatic rings. The minimum atomic E-state index is -0.463. The number of anilines is 1. The molecule has 0 radical (unpaired) electrons. The Morgan fingerprint density at radius 3 is 2.54 bits per heavy atom. The fourth-order valence-electron chi connectivity index (χ4n) is 2.72. The molecular formula is C16H17Cl2N5O3. The summed E-state index contributed by atoms with van der Waals surface area (Å²) in [6.45, 7) is 0.431. The van der Waals surface area contributed by atoms with Gasteiger partial charge in [0.15, 0.2) is 11.2 Å². The zero-order valence-electron chi connectivity index (χ0n) is 14.2. The molecule has 0 amide bonds. The molecule has 10 heteroatoms. The number of fused-ring (bicyclic) bond motifs is 1. The van der Waals surface area contributed by atoms with E-state index < -0.39 is 11.2 Å². The molecule has 0 atom stereocenters. The van der Waals surface area contributed by atoms with Crippen LogP contribution in [0.25, 0.3) is 11.2 Å². The molecule has 2 aromatic heterocycles. The van der Waals surface area contributed by atoms with E-state index in [0.29, 0.717) is 16.0 Å². The van der Waals surface area contributed by atoms with Gasteiger partial charge in [0, 0.05) is 20.6 Å². The molecule has 0 fully saturated rings. The van der Waals surface area contributed by atoms with Crippen LogP contribution in [-0.4, -0.2) is 36.9 Å². The van der Waals surface area contributed by atoms with E-state index in [1.807, 2.05) is 0 Å². The van der Waals surface area contributed by atoms with Gasteiger partial charge in [-0.2, -0.15) is 4.98 Å². The van der Waals surface area contributed by atoms with Gasteiger partial charge in [-0.15, -0.1) is 0 Å². The van der Waals surface area contributed by atoms with Crippen LogP contribution in [0, 0.1) is 0 Å². The Bertz CT molecular complexity index is 1100. The SMILES string of the molecule is Cn1c(=O)c2c(nc(NCCO)n2Cc2ccc(Cl)c(Cl)c2)n(C)c1=O. The van der Waals surface area contributed by atoms with Crippen molar-refractivity contribution < 1.29 is 5.11 Å². The van der Waals surface area contributed by atoms with Crippen molar-refractivity contribution in [1.29, 1.82) is 0 Å². The second-order valence-corrected chi connectivity index (χ2v) is 6.61. The Labute approximate surface area is 158 Å². The van der Waals surface area contributed by atoms with Gasteiger partial charge in [0.25, 0.3) is 5.56 Å². The average Bonchev–Trinajstić information content (AvgIpc) is 2.98. The Hall–Kier alpha value is -2.29. The maximum Gasteiger partial charge on any atom is 0.332 e. The van der Waals surface area contributed by atoms with Crippen LogP contribution in [0.15, 0.2) is 27.8 Å². The molecule has 0 saturated heterocycles. The third kappa shape index (κ3) is 3.11. The Kier molecular flexibility index (Phi) is 5.08. The molecule has 0 spiro atoms. The zero-order valence-corrected chi connectivity index (χ0v) is 15.7. The normalized spacial score (nSPS) is 11.3. The molecule has 1 aromatic carbocycles. The van der Waals surface area contributed by atoms with E-state index in [1.54, 1.807) is 29.8 Å². The van der Waals surface area contributed by atoms with Crippen molar-refractivity contribution in [2.45, 2.75) is 6.54 Å². The van der Waals surface area contributed by atoms with Gasteiger partial charge in [0.1, 0.15) is 0 Å². The lowest BCUT2D eigenvalue weighted by Gasteiger charge is -2.11. The van der Waals surface area contributed by atoms with Crippen LogP contribution in [0.4, 0.5) is 5.95 Å². The second kappa shape index (κ2) is 7.14. The van der Waals surface area contributed by atoms with Crippen LogP contribution in [0.3, 0.4) is 0 Å². The third-order valence-corrected chi connectivity index (χ3v) is 4.81. The van der Waals surface area contributed by atoms with Crippen LogP contribution in [0.5, 0.6) is 0 Å². The van der Waals surface area contributed by atoms with Crippen molar-refractivity contribution in [1.82, 2.24) is 18.7 Å². The van der Waals surface area contributed by atoms with E-state index in [4.69, 9.17) is 28.3 Å². The maximum absolute atomic E-state index is 12.7. The summed E-state index contributed by atoms with van der Waals surface area (Å²) in [4.78, 5) is 29.2. The van der Waals surface area contributed by atoms with E-state index in [0.717, 1.165) is 10.1 Å². The first-order valence-corrected chi connectivity index (χ1v) is 8.55. The van der Waals surface area contributed by atoms with Crippen molar-refractivity contribution in [3.05, 3.63) is 54.6 Å². The summed E-state index contributed by atoms with van der Waals surface area (Å²) >= 11 is 12.0. The number of hydrogen-bond acceptors (Lipinski definition) is 5. The minimum absolute atomic E-state index is 0.104. The van der Waals surface area contributed by atoms with E-state index in [9.17, 15) is 9.59 Å². The maximum atomic E-state index is 12.7. The van der Waals surface area contributed by atoms with Crippen molar-refractivity contribution in [3.63, 3.8) is 0 Å². The largest absolute Gasteiger partial charge is 0.395 e. The number of nitrogens with one attached hydrogen (secondary N) is 1. The number of imidazole rings is 1. The van der Waals surface area contributed by atoms with Gasteiger partial charge in [0.2, 0.25) is 5.95 Å². The van der Waals surface area contributed by atoms with Crippen LogP contribution in [0.2, 0.25) is 10.0 Å². The predicted octanol–water partition coefficient (Wildman–Crippen LogP) is 1.19. The number of aliphatic hydroxyl groups is 1. The Morgan fingerprint density at radius 2 is 1.88 bits per heavy atom. The number of aliphatic hydroxyl groups excluding tert-OH is 1. The van der Waals surface area contributed by atoms with Crippen molar-refractivity contribution in [2.24, 2.45) is 14.1 Å². The molecule has 0 unspecified atom stereocenters. The summed E-state index contributed by atoms with van der Waals surface area (Å²) in [6.07, 6.45) is 0. The van der Waals surface area contributed by atoms with Gasteiger partial charge in [-0.3, -0.25) is 18.5 Å². The fourth-order valence-corrected chi connectivity index (χ4v) is 3.04. The van der Waals surface area contributed by atoms with Crippen LogP contribution in [-0.2, 0) is 20.6 Å². The summed E-state index contributed by atoms with van der Waals surface area (Å²) in [6, 6.07) is 5.17. The van der Waals surface area contributed by atoms with Crippen molar-refractivity contribution in [3.8, 4) is 0 Å². The number of hydrogen-bond donors (Lipinski definition) is 2. The topological polar surface area (TPSA) is 94.1 Å². The molecule has 0 saturated carbocycles. The molecule has 2 heterocycles. The Balaban J connectivity index is 2.25. The molecule has 3 rings (SSSR count). The first-order chi connectivity index (χ1) is 12.3. The van der Waals surface area contributed by atoms with Gasteiger partial charge >= 0.3 is 5.69 Å². The third-order valence-electron chi connectivity index (χ3n) is 4.07. The standard InChI is InChI=1S/C16H17Cl2N5O3/c1-21-13-12(14(25)22(2)16(21)26)23(15(20-13)19-5-6-24)8-9-3-4-10(17)11(18)7-9/h3-4,7,24H,5-6,8H2,1-2H3,(H,19,20). The lowest BCUT2D eigenvalue weighted by atomic mass is 10.2. The van der Waals surface area contributed by atoms with E-state index in [2.05, 4.69) is 10.3 Å². The molecular weight excluding hydrogens is 381 g/mol. The van der Waals surface area contributed by atoms with Gasteiger partial charge in [-0.25, -0.2) is 4.79 Å². The zero-order chi connectivity index (χ0) is 19.0. The summed E-state index contributed by atoms with van der Waals surface area (Å²) in [7, 11) is 2.97. The minimum Gasteiger partial charge on any atom is -0.395 e. The van der Waals surface area contributed by atoms with E-state index >= 15 is 0 Å². The number of rotatable bonds is 5. The van der Waals surface area contributed by atoms with Crippen LogP contribution in [0.1, 0.15) is 5.56 Å². The highest BCUT2D eigenvalue weighted by molar-refractivity contribution is 6.42. The van der Waals surface area contributed by atoms with Crippen molar-refractivity contribution in [2.75, 3.05) is 18.5 Å². The van der Waals surface area contributed by atoms with Gasteiger partial charge in [-0.05, 0) is 17.7 Å². The molecule has 0 aliphatic carbocycles. The Morgan fingerprint density at radius 1 is 1.15 bits per heavy atom. The molecule has 8 nitrogen and oxygen atoms in total. The molecule has 138 valence electrons. The van der Waals surface area contributed by atoms with Crippen molar-refractivity contribution >= 4 is 40.3 Å². The van der Waals surface area contributed by atoms with E-state index in [1.165, 1.54) is 11.6 Å². The van der Waals surface area contributed by atoms with Gasteiger partial charge < -0.3 is 10.4 Å². The summed E-state index contributed by atoms with van der Waals surface area (Å²) in [5.74, 6) is 0.374. The number of aromatic nitrogens is 4. The average molecular weight is 398 g/mol. The highest BCUT2D eigenvalue weighted by Gasteiger charge is 2.19. The molecule has 2 N–H and O–H groups in total. The smallest absolute Gasteiger partial charge is 0.332 e. The highest BCUT2D eigenvalue weighted by atomic mass is 35.5.